The predicted molar refractivity (Wildman–Crippen MR) is 88.2 cm³/mol. The molecule has 7 nitrogen and oxygen atoms in total. The monoisotopic (exact) mass is 332 g/mol. The molecule has 3 aromatic rings. The van der Waals surface area contributed by atoms with Crippen molar-refractivity contribution in [3.63, 3.8) is 0 Å². The van der Waals surface area contributed by atoms with Gasteiger partial charge in [0, 0.05) is 24.9 Å². The smallest absolute Gasteiger partial charge is 0.229 e. The summed E-state index contributed by atoms with van der Waals surface area (Å²) in [6, 6.07) is 0. The van der Waals surface area contributed by atoms with Crippen LogP contribution in [0.4, 0.5) is 5.13 Å². The topological polar surface area (TPSA) is 72.3 Å². The van der Waals surface area contributed by atoms with E-state index < -0.39 is 0 Å². The Hall–Kier alpha value is -1.96. The average Bonchev–Trinajstić information content (AvgIpc) is 3.21. The minimum Gasteiger partial charge on any atom is -0.346 e. The van der Waals surface area contributed by atoms with Crippen molar-refractivity contribution < 1.29 is 4.52 Å². The van der Waals surface area contributed by atoms with Gasteiger partial charge in [-0.05, 0) is 19.8 Å². The van der Waals surface area contributed by atoms with Gasteiger partial charge >= 0.3 is 0 Å². The van der Waals surface area contributed by atoms with Crippen molar-refractivity contribution in [1.82, 2.24) is 24.7 Å². The van der Waals surface area contributed by atoms with Crippen LogP contribution in [0.15, 0.2) is 10.7 Å². The summed E-state index contributed by atoms with van der Waals surface area (Å²) in [5.41, 5.74) is 1.000. The Kier molecular flexibility index (Phi) is 3.56. The summed E-state index contributed by atoms with van der Waals surface area (Å²) in [4.78, 5) is 12.3. The summed E-state index contributed by atoms with van der Waals surface area (Å²) in [6.45, 7) is 8.02. The van der Waals surface area contributed by atoms with Gasteiger partial charge in [0.05, 0.1) is 11.9 Å². The van der Waals surface area contributed by atoms with Crippen molar-refractivity contribution >= 4 is 21.4 Å². The van der Waals surface area contributed by atoms with Crippen LogP contribution in [0.25, 0.3) is 4.96 Å². The van der Waals surface area contributed by atoms with Crippen molar-refractivity contribution in [3.8, 4) is 0 Å². The molecule has 0 radical (unpaired) electrons. The number of hydrogen-bond acceptors (Lipinski definition) is 7. The molecule has 0 aliphatic carbocycles. The van der Waals surface area contributed by atoms with E-state index in [2.05, 4.69) is 39.0 Å². The maximum Gasteiger partial charge on any atom is 0.229 e. The zero-order valence-corrected chi connectivity index (χ0v) is 14.4. The number of hydrogen-bond donors (Lipinski definition) is 0. The maximum atomic E-state index is 5.36. The van der Waals surface area contributed by atoms with Crippen LogP contribution in [-0.4, -0.2) is 37.8 Å². The standard InChI is InChI=1S/C15H20N6OS/c1-9(2)13-17-12(19-22-13)11-5-4-6-20(8-11)15-18-21-7-10(3)16-14(21)23-15/h7,9,11H,4-6,8H2,1-3H3/t11-/m0/s1. The van der Waals surface area contributed by atoms with E-state index >= 15 is 0 Å². The van der Waals surface area contributed by atoms with Gasteiger partial charge in [-0.25, -0.2) is 9.50 Å². The van der Waals surface area contributed by atoms with Gasteiger partial charge in [0.2, 0.25) is 16.0 Å². The fourth-order valence-corrected chi connectivity index (χ4v) is 3.90. The van der Waals surface area contributed by atoms with Gasteiger partial charge in [-0.15, -0.1) is 5.10 Å². The highest BCUT2D eigenvalue weighted by molar-refractivity contribution is 7.20. The highest BCUT2D eigenvalue weighted by Crippen LogP contribution is 2.31. The molecule has 23 heavy (non-hydrogen) atoms. The van der Waals surface area contributed by atoms with Crippen LogP contribution in [0, 0.1) is 6.92 Å². The van der Waals surface area contributed by atoms with E-state index in [1.54, 1.807) is 11.3 Å². The number of piperidine rings is 1. The first-order chi connectivity index (χ1) is 11.1. The first-order valence-corrected chi connectivity index (χ1v) is 8.83. The molecule has 3 aromatic heterocycles. The van der Waals surface area contributed by atoms with E-state index in [0.29, 0.717) is 5.92 Å². The van der Waals surface area contributed by atoms with Crippen LogP contribution in [0.2, 0.25) is 0 Å². The Balaban J connectivity index is 1.54. The fraction of sp³-hybridized carbons (Fsp3) is 0.600. The van der Waals surface area contributed by atoms with Gasteiger partial charge in [0.1, 0.15) is 0 Å². The normalized spacial score (nSPS) is 19.1. The molecule has 4 rings (SSSR count). The number of aryl methyl sites for hydroxylation is 1. The summed E-state index contributed by atoms with van der Waals surface area (Å²) >= 11 is 1.63. The van der Waals surface area contributed by atoms with Crippen LogP contribution >= 0.6 is 11.3 Å². The molecule has 0 bridgehead atoms. The van der Waals surface area contributed by atoms with Gasteiger partial charge < -0.3 is 9.42 Å². The second kappa shape index (κ2) is 5.59. The van der Waals surface area contributed by atoms with E-state index in [-0.39, 0.29) is 5.92 Å². The number of imidazole rings is 1. The lowest BCUT2D eigenvalue weighted by Crippen LogP contribution is -2.34. The minimum absolute atomic E-state index is 0.269. The Labute approximate surface area is 138 Å². The lowest BCUT2D eigenvalue weighted by Gasteiger charge is -2.30. The van der Waals surface area contributed by atoms with Crippen molar-refractivity contribution in [1.29, 1.82) is 0 Å². The SMILES string of the molecule is Cc1cn2nc(N3CCC[C@H](c4noc(C(C)C)n4)C3)sc2n1. The van der Waals surface area contributed by atoms with E-state index in [1.807, 2.05) is 17.6 Å². The van der Waals surface area contributed by atoms with Crippen LogP contribution in [0.5, 0.6) is 0 Å². The highest BCUT2D eigenvalue weighted by Gasteiger charge is 2.27. The molecule has 0 spiro atoms. The number of aromatic nitrogens is 5. The fourth-order valence-electron chi connectivity index (χ4n) is 2.94. The summed E-state index contributed by atoms with van der Waals surface area (Å²) in [6.07, 6.45) is 4.16. The second-order valence-corrected chi connectivity index (χ2v) is 7.36. The van der Waals surface area contributed by atoms with Gasteiger partial charge in [0.25, 0.3) is 0 Å². The molecule has 122 valence electrons. The number of anilines is 1. The Morgan fingerprint density at radius 2 is 2.22 bits per heavy atom. The number of nitrogens with zero attached hydrogens (tertiary/aromatic N) is 6. The third-order valence-electron chi connectivity index (χ3n) is 4.16. The van der Waals surface area contributed by atoms with E-state index in [9.17, 15) is 0 Å². The van der Waals surface area contributed by atoms with Crippen LogP contribution in [0.1, 0.15) is 55.9 Å². The van der Waals surface area contributed by atoms with E-state index in [1.165, 1.54) is 0 Å². The molecule has 1 saturated heterocycles. The average molecular weight is 332 g/mol. The largest absolute Gasteiger partial charge is 0.346 e. The molecule has 0 N–H and O–H groups in total. The zero-order valence-electron chi connectivity index (χ0n) is 13.6. The molecule has 0 aromatic carbocycles. The molecule has 0 amide bonds. The van der Waals surface area contributed by atoms with Gasteiger partial charge in [-0.3, -0.25) is 0 Å². The van der Waals surface area contributed by atoms with Crippen LogP contribution < -0.4 is 4.90 Å². The molecule has 1 aliphatic rings. The van der Waals surface area contributed by atoms with Gasteiger partial charge in [-0.2, -0.15) is 4.98 Å². The predicted octanol–water partition coefficient (Wildman–Crippen LogP) is 2.99. The maximum absolute atomic E-state index is 5.36. The van der Waals surface area contributed by atoms with Gasteiger partial charge in [-0.1, -0.05) is 30.3 Å². The molecule has 1 aliphatic heterocycles. The highest BCUT2D eigenvalue weighted by atomic mass is 32.1. The molecular formula is C15H20N6OS. The lowest BCUT2D eigenvalue weighted by atomic mass is 9.98. The molecule has 1 fully saturated rings. The van der Waals surface area contributed by atoms with Crippen molar-refractivity contribution in [2.75, 3.05) is 18.0 Å². The Morgan fingerprint density at radius 3 is 2.96 bits per heavy atom. The first kappa shape index (κ1) is 14.6. The second-order valence-electron chi connectivity index (χ2n) is 6.42. The number of rotatable bonds is 3. The van der Waals surface area contributed by atoms with E-state index in [4.69, 9.17) is 4.52 Å². The van der Waals surface area contributed by atoms with Crippen molar-refractivity contribution in [3.05, 3.63) is 23.6 Å². The summed E-state index contributed by atoms with van der Waals surface area (Å²) in [7, 11) is 0. The molecule has 0 saturated carbocycles. The zero-order chi connectivity index (χ0) is 16.0. The number of fused-ring (bicyclic) bond motifs is 1. The summed E-state index contributed by atoms with van der Waals surface area (Å²) < 4.78 is 7.23. The van der Waals surface area contributed by atoms with E-state index in [0.717, 1.165) is 53.4 Å². The molecular weight excluding hydrogens is 312 g/mol. The Bertz CT molecular complexity index is 788. The third kappa shape index (κ3) is 2.71. The van der Waals surface area contributed by atoms with Crippen molar-refractivity contribution in [2.24, 2.45) is 0 Å². The quantitative estimate of drug-likeness (QED) is 0.734. The molecule has 0 unspecified atom stereocenters. The first-order valence-electron chi connectivity index (χ1n) is 8.01. The third-order valence-corrected chi connectivity index (χ3v) is 5.14. The minimum atomic E-state index is 0.269. The van der Waals surface area contributed by atoms with Crippen LogP contribution in [-0.2, 0) is 0 Å². The van der Waals surface area contributed by atoms with Gasteiger partial charge in [0.15, 0.2) is 5.82 Å². The molecule has 1 atom stereocenters. The lowest BCUT2D eigenvalue weighted by molar-refractivity contribution is 0.354. The van der Waals surface area contributed by atoms with Crippen molar-refractivity contribution in [2.45, 2.75) is 45.4 Å². The Morgan fingerprint density at radius 1 is 1.35 bits per heavy atom. The summed E-state index contributed by atoms with van der Waals surface area (Å²) in [5, 5.41) is 9.86. The van der Waals surface area contributed by atoms with Crippen LogP contribution in [0.3, 0.4) is 0 Å². The summed E-state index contributed by atoms with van der Waals surface area (Å²) in [5.74, 6) is 2.12. The molecule has 8 heteroatoms. The molecule has 4 heterocycles.